The van der Waals surface area contributed by atoms with Gasteiger partial charge in [0.05, 0.1) is 13.2 Å². The highest BCUT2D eigenvalue weighted by Gasteiger charge is 2.36. The minimum atomic E-state index is -3.68. The van der Waals surface area contributed by atoms with Crippen molar-refractivity contribution < 1.29 is 22.3 Å². The first kappa shape index (κ1) is 16.4. The van der Waals surface area contributed by atoms with E-state index in [1.165, 1.54) is 6.07 Å². The van der Waals surface area contributed by atoms with Gasteiger partial charge in [-0.15, -0.1) is 0 Å². The Morgan fingerprint density at radius 2 is 2.24 bits per heavy atom. The van der Waals surface area contributed by atoms with Crippen LogP contribution in [-0.4, -0.2) is 47.4 Å². The third-order valence-corrected chi connectivity index (χ3v) is 4.81. The second-order valence-electron chi connectivity index (χ2n) is 5.02. The molecular formula is C13H22N2O5S. The normalized spacial score (nSPS) is 22.8. The number of nitrogens with one attached hydrogen (secondary N) is 2. The molecule has 1 aromatic rings. The third kappa shape index (κ3) is 4.04. The van der Waals surface area contributed by atoms with E-state index in [4.69, 9.17) is 13.9 Å². The van der Waals surface area contributed by atoms with Crippen LogP contribution >= 0.6 is 0 Å². The Bertz CT molecular complexity index is 549. The number of hydrogen-bond acceptors (Lipinski definition) is 6. The van der Waals surface area contributed by atoms with Crippen molar-refractivity contribution in [3.63, 3.8) is 0 Å². The van der Waals surface area contributed by atoms with E-state index in [2.05, 4.69) is 10.0 Å². The molecule has 8 heteroatoms. The van der Waals surface area contributed by atoms with Crippen molar-refractivity contribution in [3.05, 3.63) is 17.9 Å². The summed E-state index contributed by atoms with van der Waals surface area (Å²) in [7, 11) is -2.12. The maximum atomic E-state index is 12.2. The fourth-order valence-corrected chi connectivity index (χ4v) is 3.16. The Hall–Kier alpha value is -0.930. The molecule has 1 aliphatic heterocycles. The van der Waals surface area contributed by atoms with Gasteiger partial charge in [-0.05, 0) is 18.7 Å². The van der Waals surface area contributed by atoms with Crippen molar-refractivity contribution in [1.29, 1.82) is 0 Å². The molecule has 1 atom stereocenters. The SMILES string of the molecule is CCNCc1ccc(S(=O)(=O)NCC2(OC)CCOC2)o1. The molecule has 0 aliphatic carbocycles. The van der Waals surface area contributed by atoms with Gasteiger partial charge in [0.2, 0.25) is 5.09 Å². The Balaban J connectivity index is 1.99. The quantitative estimate of drug-likeness (QED) is 0.724. The Morgan fingerprint density at radius 3 is 2.86 bits per heavy atom. The van der Waals surface area contributed by atoms with Gasteiger partial charge in [0.15, 0.2) is 0 Å². The van der Waals surface area contributed by atoms with E-state index in [1.54, 1.807) is 13.2 Å². The number of methoxy groups -OCH3 is 1. The molecule has 2 N–H and O–H groups in total. The zero-order chi connectivity index (χ0) is 15.3. The molecule has 120 valence electrons. The molecule has 0 aromatic carbocycles. The van der Waals surface area contributed by atoms with E-state index >= 15 is 0 Å². The average molecular weight is 318 g/mol. The second kappa shape index (κ2) is 6.89. The van der Waals surface area contributed by atoms with Crippen molar-refractivity contribution in [2.45, 2.75) is 30.6 Å². The van der Waals surface area contributed by atoms with E-state index in [1.807, 2.05) is 6.92 Å². The van der Waals surface area contributed by atoms with Crippen LogP contribution in [0.15, 0.2) is 21.6 Å². The fraction of sp³-hybridized carbons (Fsp3) is 0.692. The van der Waals surface area contributed by atoms with Crippen LogP contribution in [0.3, 0.4) is 0 Å². The molecule has 0 bridgehead atoms. The Kier molecular flexibility index (Phi) is 5.39. The topological polar surface area (TPSA) is 89.8 Å². The Labute approximate surface area is 125 Å². The van der Waals surface area contributed by atoms with Crippen molar-refractivity contribution >= 4 is 10.0 Å². The first-order chi connectivity index (χ1) is 10.0. The zero-order valence-corrected chi connectivity index (χ0v) is 13.2. The molecule has 1 saturated heterocycles. The van der Waals surface area contributed by atoms with Crippen LogP contribution in [0.25, 0.3) is 0 Å². The van der Waals surface area contributed by atoms with Crippen LogP contribution in [0, 0.1) is 0 Å². The molecular weight excluding hydrogens is 296 g/mol. The zero-order valence-electron chi connectivity index (χ0n) is 12.3. The minimum absolute atomic E-state index is 0.0828. The molecule has 0 spiro atoms. The summed E-state index contributed by atoms with van der Waals surface area (Å²) in [5.41, 5.74) is -0.591. The first-order valence-corrected chi connectivity index (χ1v) is 8.42. The van der Waals surface area contributed by atoms with Gasteiger partial charge in [-0.25, -0.2) is 13.1 Å². The summed E-state index contributed by atoms with van der Waals surface area (Å²) in [5, 5.41) is 2.99. The predicted octanol–water partition coefficient (Wildman–Crippen LogP) is 0.473. The minimum Gasteiger partial charge on any atom is -0.447 e. The van der Waals surface area contributed by atoms with Crippen molar-refractivity contribution in [2.24, 2.45) is 0 Å². The van der Waals surface area contributed by atoms with Crippen LogP contribution in [-0.2, 0) is 26.0 Å². The number of sulfonamides is 1. The highest BCUT2D eigenvalue weighted by atomic mass is 32.2. The van der Waals surface area contributed by atoms with E-state index in [0.29, 0.717) is 31.9 Å². The summed E-state index contributed by atoms with van der Waals surface area (Å²) in [4.78, 5) is 0. The Morgan fingerprint density at radius 1 is 1.43 bits per heavy atom. The number of furan rings is 1. The van der Waals surface area contributed by atoms with Crippen molar-refractivity contribution in [2.75, 3.05) is 33.4 Å². The van der Waals surface area contributed by atoms with Gasteiger partial charge in [-0.1, -0.05) is 6.92 Å². The van der Waals surface area contributed by atoms with Gasteiger partial charge >= 0.3 is 0 Å². The molecule has 0 saturated carbocycles. The molecule has 1 aromatic heterocycles. The van der Waals surface area contributed by atoms with Crippen LogP contribution in [0.2, 0.25) is 0 Å². The number of rotatable bonds is 8. The fourth-order valence-electron chi connectivity index (χ4n) is 2.10. The van der Waals surface area contributed by atoms with E-state index in [-0.39, 0.29) is 11.6 Å². The highest BCUT2D eigenvalue weighted by molar-refractivity contribution is 7.89. The summed E-state index contributed by atoms with van der Waals surface area (Å²) < 4.78 is 43.0. The second-order valence-corrected chi connectivity index (χ2v) is 6.71. The number of ether oxygens (including phenoxy) is 2. The number of hydrogen-bond donors (Lipinski definition) is 2. The lowest BCUT2D eigenvalue weighted by molar-refractivity contribution is -0.0121. The maximum Gasteiger partial charge on any atom is 0.274 e. The predicted molar refractivity (Wildman–Crippen MR) is 76.5 cm³/mol. The van der Waals surface area contributed by atoms with Gasteiger partial charge in [0.1, 0.15) is 11.4 Å². The van der Waals surface area contributed by atoms with Crippen LogP contribution < -0.4 is 10.0 Å². The third-order valence-electron chi connectivity index (χ3n) is 3.54. The summed E-state index contributed by atoms with van der Waals surface area (Å²) in [6.45, 7) is 4.38. The van der Waals surface area contributed by atoms with E-state index in [0.717, 1.165) is 6.54 Å². The molecule has 1 unspecified atom stereocenters. The van der Waals surface area contributed by atoms with Gasteiger partial charge in [-0.2, -0.15) is 0 Å². The summed E-state index contributed by atoms with van der Waals surface area (Å²) in [6.07, 6.45) is 0.663. The lowest BCUT2D eigenvalue weighted by atomic mass is 10.0. The summed E-state index contributed by atoms with van der Waals surface area (Å²) >= 11 is 0. The van der Waals surface area contributed by atoms with Crippen LogP contribution in [0.4, 0.5) is 0 Å². The first-order valence-electron chi connectivity index (χ1n) is 6.93. The van der Waals surface area contributed by atoms with Crippen molar-refractivity contribution in [3.8, 4) is 0 Å². The lowest BCUT2D eigenvalue weighted by Crippen LogP contribution is -2.44. The maximum absolute atomic E-state index is 12.2. The lowest BCUT2D eigenvalue weighted by Gasteiger charge is -2.25. The average Bonchev–Trinajstić information content (AvgIpc) is 3.13. The molecule has 21 heavy (non-hydrogen) atoms. The molecule has 2 rings (SSSR count). The highest BCUT2D eigenvalue weighted by Crippen LogP contribution is 2.22. The molecule has 2 heterocycles. The van der Waals surface area contributed by atoms with Crippen LogP contribution in [0.5, 0.6) is 0 Å². The van der Waals surface area contributed by atoms with Crippen LogP contribution in [0.1, 0.15) is 19.1 Å². The smallest absolute Gasteiger partial charge is 0.274 e. The summed E-state index contributed by atoms with van der Waals surface area (Å²) in [6, 6.07) is 3.11. The van der Waals surface area contributed by atoms with Crippen molar-refractivity contribution in [1.82, 2.24) is 10.0 Å². The van der Waals surface area contributed by atoms with E-state index < -0.39 is 15.6 Å². The molecule has 0 amide bonds. The molecule has 7 nitrogen and oxygen atoms in total. The summed E-state index contributed by atoms with van der Waals surface area (Å²) in [5.74, 6) is 0.586. The van der Waals surface area contributed by atoms with Gasteiger partial charge in [-0.3, -0.25) is 0 Å². The van der Waals surface area contributed by atoms with Gasteiger partial charge in [0.25, 0.3) is 10.0 Å². The molecule has 1 aliphatic rings. The molecule has 0 radical (unpaired) electrons. The largest absolute Gasteiger partial charge is 0.447 e. The monoisotopic (exact) mass is 318 g/mol. The van der Waals surface area contributed by atoms with Gasteiger partial charge in [0, 0.05) is 26.7 Å². The standard InChI is InChI=1S/C13H22N2O5S/c1-3-14-8-11-4-5-12(20-11)21(16,17)15-9-13(18-2)6-7-19-10-13/h4-5,14-15H,3,6-10H2,1-2H3. The molecule has 1 fully saturated rings. The van der Waals surface area contributed by atoms with E-state index in [9.17, 15) is 8.42 Å². The van der Waals surface area contributed by atoms with Gasteiger partial charge < -0.3 is 19.2 Å².